The van der Waals surface area contributed by atoms with E-state index in [9.17, 15) is 13.2 Å². The number of aromatic amines is 1. The van der Waals surface area contributed by atoms with Gasteiger partial charge in [-0.2, -0.15) is 0 Å². The number of nitrogens with one attached hydrogen (secondary N) is 2. The largest absolute Gasteiger partial charge is 0.382 e. The maximum Gasteiger partial charge on any atom is 0.257 e. The summed E-state index contributed by atoms with van der Waals surface area (Å²) in [7, 11) is -3.32. The summed E-state index contributed by atoms with van der Waals surface area (Å²) in [4.78, 5) is 29.3. The van der Waals surface area contributed by atoms with Crippen LogP contribution >= 0.6 is 0 Å². The molecule has 6 aromatic rings. The zero-order valence-electron chi connectivity index (χ0n) is 22.5. The molecule has 0 unspecified atom stereocenters. The summed E-state index contributed by atoms with van der Waals surface area (Å²) in [6, 6.07) is 12.8. The highest BCUT2D eigenvalue weighted by Crippen LogP contribution is 2.30. The second-order valence-corrected chi connectivity index (χ2v) is 11.9. The van der Waals surface area contributed by atoms with Crippen LogP contribution in [-0.4, -0.2) is 50.2 Å². The van der Waals surface area contributed by atoms with Crippen LogP contribution in [0.25, 0.3) is 33.2 Å². The SMILES string of the molecule is Cc1noc(C)c1C(=O)NCc1cc2cc(-c3ccc(S(C)(=O)=O)cc3)cc(Cn3cnc4c(N)ncnc43)c2[nH]1. The quantitative estimate of drug-likeness (QED) is 0.259. The summed E-state index contributed by atoms with van der Waals surface area (Å²) in [5.74, 6) is 0.492. The summed E-state index contributed by atoms with van der Waals surface area (Å²) in [6.07, 6.45) is 4.26. The standard InChI is InChI=1S/C28H26N8O4S/c1-15-23(16(2)40-35-15)28(37)30-11-21-10-19-8-18(17-4-6-22(7-5-17)41(3,38)39)9-20(24(19)34-21)12-36-14-33-25-26(29)31-13-32-27(25)36/h4-10,13-14,34H,11-12H2,1-3H3,(H,30,37)(H2,29,31,32). The Morgan fingerprint density at radius 1 is 1.07 bits per heavy atom. The van der Waals surface area contributed by atoms with Gasteiger partial charge in [-0.05, 0) is 60.9 Å². The number of carbonyl (C=O) groups is 1. The number of carbonyl (C=O) groups excluding carboxylic acids is 1. The van der Waals surface area contributed by atoms with Crippen molar-refractivity contribution in [3.05, 3.63) is 83.4 Å². The van der Waals surface area contributed by atoms with Crippen molar-refractivity contribution in [2.45, 2.75) is 31.8 Å². The number of nitrogen functional groups attached to an aromatic ring is 1. The number of H-pyrrole nitrogens is 1. The third-order valence-electron chi connectivity index (χ3n) is 6.95. The highest BCUT2D eigenvalue weighted by Gasteiger charge is 2.18. The van der Waals surface area contributed by atoms with Gasteiger partial charge in [0.05, 0.1) is 35.5 Å². The molecule has 41 heavy (non-hydrogen) atoms. The Labute approximate surface area is 234 Å². The first-order valence-corrected chi connectivity index (χ1v) is 14.5. The van der Waals surface area contributed by atoms with Crippen molar-refractivity contribution in [3.8, 4) is 11.1 Å². The number of sulfone groups is 1. The first-order chi connectivity index (χ1) is 19.6. The average Bonchev–Trinajstić information content (AvgIpc) is 3.64. The number of rotatable bonds is 7. The molecule has 4 heterocycles. The molecule has 0 saturated heterocycles. The minimum atomic E-state index is -3.32. The van der Waals surface area contributed by atoms with Crippen LogP contribution in [0.15, 0.2) is 64.5 Å². The highest BCUT2D eigenvalue weighted by molar-refractivity contribution is 7.90. The number of amides is 1. The van der Waals surface area contributed by atoms with Gasteiger partial charge < -0.3 is 25.1 Å². The van der Waals surface area contributed by atoms with Crippen LogP contribution in [0.2, 0.25) is 0 Å². The minimum Gasteiger partial charge on any atom is -0.382 e. The smallest absolute Gasteiger partial charge is 0.257 e. The Morgan fingerprint density at radius 2 is 1.85 bits per heavy atom. The highest BCUT2D eigenvalue weighted by atomic mass is 32.2. The van der Waals surface area contributed by atoms with Crippen LogP contribution in [-0.2, 0) is 22.9 Å². The van der Waals surface area contributed by atoms with E-state index in [-0.39, 0.29) is 17.3 Å². The Hall–Kier alpha value is -5.04. The van der Waals surface area contributed by atoms with Gasteiger partial charge in [-0.15, -0.1) is 0 Å². The summed E-state index contributed by atoms with van der Waals surface area (Å²) in [5, 5.41) is 7.71. The van der Waals surface area contributed by atoms with Crippen molar-refractivity contribution in [2.75, 3.05) is 12.0 Å². The molecule has 0 atom stereocenters. The Bertz CT molecular complexity index is 2040. The first kappa shape index (κ1) is 26.2. The number of benzene rings is 2. The van der Waals surface area contributed by atoms with Gasteiger partial charge in [0, 0.05) is 17.3 Å². The average molecular weight is 571 g/mol. The minimum absolute atomic E-state index is 0.252. The molecule has 12 nitrogen and oxygen atoms in total. The van der Waals surface area contributed by atoms with E-state index in [4.69, 9.17) is 10.3 Å². The van der Waals surface area contributed by atoms with Crippen LogP contribution in [0.1, 0.15) is 33.1 Å². The van der Waals surface area contributed by atoms with Gasteiger partial charge in [0.15, 0.2) is 21.3 Å². The molecule has 13 heteroatoms. The predicted octanol–water partition coefficient (Wildman–Crippen LogP) is 3.54. The molecule has 0 saturated carbocycles. The molecule has 4 aromatic heterocycles. The monoisotopic (exact) mass is 570 g/mol. The van der Waals surface area contributed by atoms with E-state index in [1.807, 2.05) is 22.8 Å². The maximum absolute atomic E-state index is 12.8. The van der Waals surface area contributed by atoms with Gasteiger partial charge in [0.1, 0.15) is 23.2 Å². The molecule has 0 aliphatic carbocycles. The summed E-state index contributed by atoms with van der Waals surface area (Å²) in [5.41, 5.74) is 12.4. The molecule has 0 spiro atoms. The molecular formula is C28H26N8O4S. The molecule has 0 bridgehead atoms. The van der Waals surface area contributed by atoms with E-state index >= 15 is 0 Å². The number of nitrogens with two attached hydrogens (primary N) is 1. The van der Waals surface area contributed by atoms with Crippen molar-refractivity contribution in [3.63, 3.8) is 0 Å². The molecule has 0 fully saturated rings. The zero-order valence-corrected chi connectivity index (χ0v) is 23.3. The molecule has 6 rings (SSSR count). The van der Waals surface area contributed by atoms with Crippen LogP contribution in [0.3, 0.4) is 0 Å². The van der Waals surface area contributed by atoms with Crippen molar-refractivity contribution in [2.24, 2.45) is 0 Å². The van der Waals surface area contributed by atoms with E-state index in [1.165, 1.54) is 12.6 Å². The Morgan fingerprint density at radius 3 is 2.56 bits per heavy atom. The van der Waals surface area contributed by atoms with Crippen LogP contribution < -0.4 is 11.1 Å². The van der Waals surface area contributed by atoms with Gasteiger partial charge >= 0.3 is 0 Å². The third-order valence-corrected chi connectivity index (χ3v) is 8.08. The molecule has 208 valence electrons. The number of aromatic nitrogens is 6. The number of hydrogen-bond acceptors (Lipinski definition) is 9. The van der Waals surface area contributed by atoms with Gasteiger partial charge in [0.2, 0.25) is 0 Å². The van der Waals surface area contributed by atoms with Crippen LogP contribution in [0, 0.1) is 13.8 Å². The molecule has 0 aliphatic heterocycles. The van der Waals surface area contributed by atoms with Crippen molar-refractivity contribution in [1.82, 2.24) is 35.0 Å². The number of fused-ring (bicyclic) bond motifs is 2. The van der Waals surface area contributed by atoms with E-state index in [0.29, 0.717) is 40.5 Å². The fraction of sp³-hybridized carbons (Fsp3) is 0.179. The molecule has 1 amide bonds. The summed E-state index contributed by atoms with van der Waals surface area (Å²) >= 11 is 0. The van der Waals surface area contributed by atoms with Crippen LogP contribution in [0.4, 0.5) is 5.82 Å². The topological polar surface area (TPSA) is 175 Å². The summed E-state index contributed by atoms with van der Waals surface area (Å²) in [6.45, 7) is 4.10. The lowest BCUT2D eigenvalue weighted by molar-refractivity contribution is 0.0948. The maximum atomic E-state index is 12.8. The normalized spacial score (nSPS) is 11.9. The van der Waals surface area contributed by atoms with Crippen molar-refractivity contribution in [1.29, 1.82) is 0 Å². The number of hydrogen-bond donors (Lipinski definition) is 3. The molecular weight excluding hydrogens is 544 g/mol. The lowest BCUT2D eigenvalue weighted by Crippen LogP contribution is -2.23. The second kappa shape index (κ2) is 9.86. The Balaban J connectivity index is 1.39. The third kappa shape index (κ3) is 4.91. The van der Waals surface area contributed by atoms with Gasteiger partial charge in [-0.25, -0.2) is 23.4 Å². The molecule has 4 N–H and O–H groups in total. The van der Waals surface area contributed by atoms with Crippen LogP contribution in [0.5, 0.6) is 0 Å². The fourth-order valence-corrected chi connectivity index (χ4v) is 5.56. The first-order valence-electron chi connectivity index (χ1n) is 12.7. The van der Waals surface area contributed by atoms with Gasteiger partial charge in [-0.3, -0.25) is 4.79 Å². The van der Waals surface area contributed by atoms with E-state index < -0.39 is 9.84 Å². The second-order valence-electron chi connectivity index (χ2n) is 9.88. The molecule has 0 radical (unpaired) electrons. The number of aryl methyl sites for hydroxylation is 2. The molecule has 2 aromatic carbocycles. The summed E-state index contributed by atoms with van der Waals surface area (Å²) < 4.78 is 31.0. The predicted molar refractivity (Wildman–Crippen MR) is 153 cm³/mol. The van der Waals surface area contributed by atoms with Crippen molar-refractivity contribution < 1.29 is 17.7 Å². The number of imidazole rings is 1. The number of anilines is 1. The van der Waals surface area contributed by atoms with E-state index in [0.717, 1.165) is 33.3 Å². The lowest BCUT2D eigenvalue weighted by atomic mass is 10.0. The van der Waals surface area contributed by atoms with Gasteiger partial charge in [0.25, 0.3) is 5.91 Å². The number of nitrogens with zero attached hydrogens (tertiary/aromatic N) is 5. The van der Waals surface area contributed by atoms with Gasteiger partial charge in [-0.1, -0.05) is 17.3 Å². The Kier molecular flexibility index (Phi) is 6.30. The van der Waals surface area contributed by atoms with E-state index in [1.54, 1.807) is 44.4 Å². The van der Waals surface area contributed by atoms with E-state index in [2.05, 4.69) is 30.4 Å². The van der Waals surface area contributed by atoms with Crippen molar-refractivity contribution >= 4 is 43.6 Å². The lowest BCUT2D eigenvalue weighted by Gasteiger charge is -2.10. The fourth-order valence-electron chi connectivity index (χ4n) is 4.93. The zero-order chi connectivity index (χ0) is 28.9. The molecule has 0 aliphatic rings.